The van der Waals surface area contributed by atoms with Gasteiger partial charge in [0.1, 0.15) is 0 Å². The van der Waals surface area contributed by atoms with Gasteiger partial charge in [0.2, 0.25) is 0 Å². The molecule has 0 fully saturated rings. The second-order valence-electron chi connectivity index (χ2n) is 7.05. The number of aromatic nitrogens is 1. The summed E-state index contributed by atoms with van der Waals surface area (Å²) in [4.78, 5) is 5.95. The Labute approximate surface area is 169 Å². The molecule has 0 aliphatic heterocycles. The first-order chi connectivity index (χ1) is 13.9. The zero-order chi connectivity index (χ0) is 20.6. The molecule has 7 nitrogen and oxygen atoms in total. The van der Waals surface area contributed by atoms with Gasteiger partial charge in [0, 0.05) is 11.5 Å². The van der Waals surface area contributed by atoms with Crippen LogP contribution in [0.25, 0.3) is 10.9 Å². The topological polar surface area (TPSA) is 92.8 Å². The number of hydrazone groups is 1. The molecule has 3 aromatic rings. The van der Waals surface area contributed by atoms with E-state index in [1.807, 2.05) is 19.1 Å². The second kappa shape index (κ2) is 7.44. The standard InChI is InChI=1S/C21H23N3O4S/c1-13-7-9-14(10-8-13)29(25,26)24-23-17-6-4-5-15-16-11-19(27-2)20(28-3)12-18(16)22-21(15)17/h7-12,22,24H,4-6H2,1-3H3/b23-17-. The molecule has 0 radical (unpaired) electrons. The van der Waals surface area contributed by atoms with E-state index < -0.39 is 10.0 Å². The predicted octanol–water partition coefficient (Wildman–Crippen LogP) is 3.51. The number of hydrogen-bond donors (Lipinski definition) is 2. The fraction of sp³-hybridized carbons (Fsp3) is 0.286. The summed E-state index contributed by atoms with van der Waals surface area (Å²) in [6.07, 6.45) is 2.46. The molecule has 0 spiro atoms. The van der Waals surface area contributed by atoms with Gasteiger partial charge in [0.15, 0.2) is 11.5 Å². The van der Waals surface area contributed by atoms with Crippen molar-refractivity contribution in [2.45, 2.75) is 31.1 Å². The van der Waals surface area contributed by atoms with E-state index in [1.54, 1.807) is 38.5 Å². The third-order valence-electron chi connectivity index (χ3n) is 5.17. The number of nitrogens with one attached hydrogen (secondary N) is 2. The Morgan fingerprint density at radius 2 is 1.72 bits per heavy atom. The van der Waals surface area contributed by atoms with Crippen LogP contribution in [0.1, 0.15) is 29.7 Å². The fourth-order valence-electron chi connectivity index (χ4n) is 3.64. The Morgan fingerprint density at radius 1 is 1.03 bits per heavy atom. The Hall–Kier alpha value is -3.00. The number of sulfonamides is 1. The van der Waals surface area contributed by atoms with Gasteiger partial charge >= 0.3 is 0 Å². The molecule has 2 aromatic carbocycles. The van der Waals surface area contributed by atoms with Gasteiger partial charge in [-0.1, -0.05) is 17.7 Å². The quantitative estimate of drug-likeness (QED) is 0.626. The van der Waals surface area contributed by atoms with Gasteiger partial charge < -0.3 is 14.5 Å². The number of ether oxygens (including phenoxy) is 2. The maximum absolute atomic E-state index is 12.6. The lowest BCUT2D eigenvalue weighted by Gasteiger charge is -2.14. The number of rotatable bonds is 5. The van der Waals surface area contributed by atoms with Crippen LogP contribution in [0.2, 0.25) is 0 Å². The monoisotopic (exact) mass is 413 g/mol. The van der Waals surface area contributed by atoms with Crippen molar-refractivity contribution in [3.8, 4) is 11.5 Å². The number of hydrogen-bond acceptors (Lipinski definition) is 5. The lowest BCUT2D eigenvalue weighted by molar-refractivity contribution is 0.356. The summed E-state index contributed by atoms with van der Waals surface area (Å²) in [7, 11) is -0.519. The molecule has 1 aliphatic rings. The number of methoxy groups -OCH3 is 2. The van der Waals surface area contributed by atoms with Gasteiger partial charge in [-0.3, -0.25) is 0 Å². The average Bonchev–Trinajstić information content (AvgIpc) is 3.09. The van der Waals surface area contributed by atoms with E-state index in [1.165, 1.54) is 0 Å². The summed E-state index contributed by atoms with van der Waals surface area (Å²) >= 11 is 0. The van der Waals surface area contributed by atoms with E-state index in [9.17, 15) is 8.42 Å². The van der Waals surface area contributed by atoms with Crippen molar-refractivity contribution >= 4 is 26.6 Å². The zero-order valence-corrected chi connectivity index (χ0v) is 17.4. The van der Waals surface area contributed by atoms with Crippen molar-refractivity contribution in [3.63, 3.8) is 0 Å². The molecule has 152 valence electrons. The molecule has 1 aromatic heterocycles. The summed E-state index contributed by atoms with van der Waals surface area (Å²) in [6, 6.07) is 10.5. The highest BCUT2D eigenvalue weighted by molar-refractivity contribution is 7.89. The highest BCUT2D eigenvalue weighted by Gasteiger charge is 2.23. The molecule has 8 heteroatoms. The summed E-state index contributed by atoms with van der Waals surface area (Å²) < 4.78 is 36.0. The van der Waals surface area contributed by atoms with E-state index in [0.717, 1.165) is 40.6 Å². The Morgan fingerprint density at radius 3 is 2.41 bits per heavy atom. The normalized spacial score (nSPS) is 15.3. The maximum Gasteiger partial charge on any atom is 0.276 e. The summed E-state index contributed by atoms with van der Waals surface area (Å²) in [5, 5.41) is 5.29. The second-order valence-corrected chi connectivity index (χ2v) is 8.71. The molecule has 0 saturated heterocycles. The molecule has 0 unspecified atom stereocenters. The molecule has 0 atom stereocenters. The minimum absolute atomic E-state index is 0.189. The third-order valence-corrected chi connectivity index (χ3v) is 6.40. The largest absolute Gasteiger partial charge is 0.493 e. The molecule has 0 saturated carbocycles. The average molecular weight is 413 g/mol. The van der Waals surface area contributed by atoms with Gasteiger partial charge in [-0.15, -0.1) is 0 Å². The molecule has 2 N–H and O–H groups in total. The lowest BCUT2D eigenvalue weighted by Crippen LogP contribution is -2.22. The first kappa shape index (κ1) is 19.3. The van der Waals surface area contributed by atoms with Crippen molar-refractivity contribution in [1.82, 2.24) is 9.82 Å². The maximum atomic E-state index is 12.6. The van der Waals surface area contributed by atoms with Crippen LogP contribution >= 0.6 is 0 Å². The first-order valence-corrected chi connectivity index (χ1v) is 10.8. The minimum Gasteiger partial charge on any atom is -0.493 e. The van der Waals surface area contributed by atoms with Crippen LogP contribution in [-0.4, -0.2) is 33.3 Å². The first-order valence-electron chi connectivity index (χ1n) is 9.35. The van der Waals surface area contributed by atoms with Crippen LogP contribution in [-0.2, 0) is 16.4 Å². The molecule has 1 heterocycles. The van der Waals surface area contributed by atoms with Crippen molar-refractivity contribution in [1.29, 1.82) is 0 Å². The smallest absolute Gasteiger partial charge is 0.276 e. The van der Waals surface area contributed by atoms with E-state index in [-0.39, 0.29) is 4.90 Å². The third kappa shape index (κ3) is 3.55. The van der Waals surface area contributed by atoms with Gasteiger partial charge in [0.05, 0.1) is 36.0 Å². The van der Waals surface area contributed by atoms with Gasteiger partial charge in [-0.2, -0.15) is 18.4 Å². The lowest BCUT2D eigenvalue weighted by atomic mass is 9.94. The van der Waals surface area contributed by atoms with Crippen LogP contribution < -0.4 is 14.3 Å². The number of nitrogens with zero attached hydrogens (tertiary/aromatic N) is 1. The van der Waals surface area contributed by atoms with Gasteiger partial charge in [-0.05, 0) is 49.9 Å². The number of aryl methyl sites for hydroxylation is 2. The Kier molecular flexibility index (Phi) is 4.96. The van der Waals surface area contributed by atoms with Crippen LogP contribution in [0.5, 0.6) is 11.5 Å². The van der Waals surface area contributed by atoms with Crippen LogP contribution in [0.4, 0.5) is 0 Å². The SMILES string of the molecule is COc1cc2[nH]c3c(c2cc1OC)CCC/C3=N/NS(=O)(=O)c1ccc(C)cc1. The van der Waals surface area contributed by atoms with E-state index in [0.29, 0.717) is 23.6 Å². The fourth-order valence-corrected chi connectivity index (χ4v) is 4.47. The molecule has 1 aliphatic carbocycles. The molecule has 29 heavy (non-hydrogen) atoms. The number of aromatic amines is 1. The van der Waals surface area contributed by atoms with E-state index in [2.05, 4.69) is 14.9 Å². The van der Waals surface area contributed by atoms with Crippen LogP contribution in [0.15, 0.2) is 46.4 Å². The van der Waals surface area contributed by atoms with Crippen molar-refractivity contribution in [2.24, 2.45) is 5.10 Å². The highest BCUT2D eigenvalue weighted by Crippen LogP contribution is 2.37. The van der Waals surface area contributed by atoms with Crippen molar-refractivity contribution < 1.29 is 17.9 Å². The summed E-state index contributed by atoms with van der Waals surface area (Å²) in [6.45, 7) is 1.91. The zero-order valence-electron chi connectivity index (χ0n) is 16.6. The van der Waals surface area contributed by atoms with Gasteiger partial charge in [-0.25, -0.2) is 0 Å². The number of H-pyrrole nitrogens is 1. The van der Waals surface area contributed by atoms with Crippen molar-refractivity contribution in [2.75, 3.05) is 14.2 Å². The molecule has 0 amide bonds. The molecule has 0 bridgehead atoms. The van der Waals surface area contributed by atoms with Crippen molar-refractivity contribution in [3.05, 3.63) is 53.2 Å². The predicted molar refractivity (Wildman–Crippen MR) is 112 cm³/mol. The highest BCUT2D eigenvalue weighted by atomic mass is 32.2. The van der Waals surface area contributed by atoms with Gasteiger partial charge in [0.25, 0.3) is 10.0 Å². The Bertz CT molecular complexity index is 1190. The minimum atomic E-state index is -3.72. The molecule has 4 rings (SSSR count). The van der Waals surface area contributed by atoms with Crippen LogP contribution in [0, 0.1) is 6.92 Å². The number of fused-ring (bicyclic) bond motifs is 3. The Balaban J connectivity index is 1.71. The molecular formula is C21H23N3O4S. The summed E-state index contributed by atoms with van der Waals surface area (Å²) in [5.41, 5.74) is 4.56. The van der Waals surface area contributed by atoms with Crippen LogP contribution in [0.3, 0.4) is 0 Å². The van der Waals surface area contributed by atoms with E-state index in [4.69, 9.17) is 9.47 Å². The summed E-state index contributed by atoms with van der Waals surface area (Å²) in [5.74, 6) is 1.29. The van der Waals surface area contributed by atoms with E-state index >= 15 is 0 Å². The number of benzene rings is 2. The molecular weight excluding hydrogens is 390 g/mol.